The van der Waals surface area contributed by atoms with Gasteiger partial charge in [-0.25, -0.2) is 15.0 Å². The molecule has 0 radical (unpaired) electrons. The Hall–Kier alpha value is -5.38. The average molecular weight is 708 g/mol. The summed E-state index contributed by atoms with van der Waals surface area (Å²) in [5, 5.41) is 17.0. The van der Waals surface area contributed by atoms with Gasteiger partial charge in [0.15, 0.2) is 11.5 Å². The van der Waals surface area contributed by atoms with Gasteiger partial charge in [0.2, 0.25) is 11.7 Å². The van der Waals surface area contributed by atoms with Crippen molar-refractivity contribution in [1.82, 2.24) is 39.0 Å². The van der Waals surface area contributed by atoms with Crippen molar-refractivity contribution in [3.05, 3.63) is 92.6 Å². The van der Waals surface area contributed by atoms with Crippen LogP contribution in [-0.2, 0) is 22.9 Å². The molecule has 1 aliphatic heterocycles. The number of likely N-dealkylation sites (tertiary alicyclic amines) is 1. The second-order valence-electron chi connectivity index (χ2n) is 12.6. The average Bonchev–Trinajstić information content (AvgIpc) is 3.64. The number of piperidine rings is 1. The number of aromatic hydroxyl groups is 1. The van der Waals surface area contributed by atoms with Crippen molar-refractivity contribution in [2.75, 3.05) is 18.4 Å². The second-order valence-corrected chi connectivity index (χ2v) is 13.0. The molecule has 7 rings (SSSR count). The highest BCUT2D eigenvalue weighted by Gasteiger charge is 2.49. The Kier molecular flexibility index (Phi) is 8.08. The Morgan fingerprint density at radius 3 is 2.50 bits per heavy atom. The lowest BCUT2D eigenvalue weighted by molar-refractivity contribution is -0.137. The summed E-state index contributed by atoms with van der Waals surface area (Å²) in [6.45, 7) is 3.87. The van der Waals surface area contributed by atoms with Gasteiger partial charge in [-0.3, -0.25) is 14.4 Å². The van der Waals surface area contributed by atoms with Crippen LogP contribution in [0.1, 0.15) is 65.2 Å². The Morgan fingerprint density at radius 1 is 1.12 bits per heavy atom. The molecule has 1 saturated heterocycles. The number of fused-ring (bicyclic) bond motifs is 3. The number of carbonyl (C=O) groups excluding carboxylic acids is 2. The number of benzene rings is 1. The predicted molar refractivity (Wildman–Crippen MR) is 174 cm³/mol. The molecule has 1 aromatic carbocycles. The van der Waals surface area contributed by atoms with E-state index < -0.39 is 34.5 Å². The van der Waals surface area contributed by atoms with Gasteiger partial charge in [0.1, 0.15) is 18.1 Å². The van der Waals surface area contributed by atoms with E-state index in [0.29, 0.717) is 41.9 Å². The Morgan fingerprint density at radius 2 is 1.84 bits per heavy atom. The number of carbonyl (C=O) groups is 2. The van der Waals surface area contributed by atoms with Crippen LogP contribution in [-0.4, -0.2) is 69.0 Å². The van der Waals surface area contributed by atoms with Gasteiger partial charge in [-0.05, 0) is 62.4 Å². The fourth-order valence-electron chi connectivity index (χ4n) is 7.08. The third-order valence-electron chi connectivity index (χ3n) is 9.39. The number of aromatic nitrogens is 7. The maximum absolute atomic E-state index is 14.4. The fraction of sp³-hybridized carbons (Fsp3) is 0.333. The van der Waals surface area contributed by atoms with Crippen LogP contribution in [0.2, 0.25) is 5.02 Å². The van der Waals surface area contributed by atoms with E-state index in [1.54, 1.807) is 16.4 Å². The van der Waals surface area contributed by atoms with E-state index in [4.69, 9.17) is 11.6 Å². The first kappa shape index (κ1) is 33.1. The minimum Gasteiger partial charge on any atom is -0.505 e. The lowest BCUT2D eigenvalue weighted by atomic mass is 9.73. The van der Waals surface area contributed by atoms with Gasteiger partial charge in [-0.2, -0.15) is 22.7 Å². The molecule has 5 aromatic rings. The highest BCUT2D eigenvalue weighted by molar-refractivity contribution is 6.33. The molecule has 0 bridgehead atoms. The first-order chi connectivity index (χ1) is 23.8. The number of hydrogen-bond donors (Lipinski definition) is 2. The second kappa shape index (κ2) is 12.2. The summed E-state index contributed by atoms with van der Waals surface area (Å²) >= 11 is 6.13. The van der Waals surface area contributed by atoms with Crippen LogP contribution in [0.4, 0.5) is 18.9 Å². The highest BCUT2D eigenvalue weighted by atomic mass is 35.5. The number of hydrogen-bond acceptors (Lipinski definition) is 9. The topological polar surface area (TPSA) is 160 Å². The summed E-state index contributed by atoms with van der Waals surface area (Å²) in [6.07, 6.45) is 1.25. The molecule has 5 heterocycles. The maximum atomic E-state index is 14.4. The molecule has 50 heavy (non-hydrogen) atoms. The number of nitrogens with one attached hydrogen (secondary N) is 1. The predicted octanol–water partition coefficient (Wildman–Crippen LogP) is 4.75. The van der Waals surface area contributed by atoms with Crippen LogP contribution in [0.25, 0.3) is 17.2 Å². The first-order valence-electron chi connectivity index (χ1n) is 15.7. The van der Waals surface area contributed by atoms with Crippen molar-refractivity contribution in [3.63, 3.8) is 0 Å². The van der Waals surface area contributed by atoms with Crippen molar-refractivity contribution >= 4 is 34.9 Å². The third kappa shape index (κ3) is 5.72. The summed E-state index contributed by atoms with van der Waals surface area (Å²) < 4.78 is 42.4. The van der Waals surface area contributed by atoms with Crippen molar-refractivity contribution in [3.8, 4) is 17.1 Å². The van der Waals surface area contributed by atoms with Crippen molar-refractivity contribution in [2.45, 2.75) is 57.2 Å². The molecular weight excluding hydrogens is 679 g/mol. The van der Waals surface area contributed by atoms with Gasteiger partial charge in [-0.15, -0.1) is 5.10 Å². The molecule has 1 spiro atoms. The molecule has 13 nitrogen and oxygen atoms in total. The molecule has 1 aliphatic carbocycles. The number of alkyl halides is 3. The van der Waals surface area contributed by atoms with E-state index >= 15 is 0 Å². The SMILES string of the molecule is Cc1ncc(-c2nc3n(CC(=O)Nc4ccc(C(F)(F)F)cc4Cl)c4c(c(=O)n3n2)C2(CCN(C(=O)c3ncccc3O)CC2)CC4C)cn1. The van der Waals surface area contributed by atoms with E-state index in [-0.39, 0.29) is 59.3 Å². The van der Waals surface area contributed by atoms with E-state index in [1.807, 2.05) is 6.92 Å². The number of halogens is 4. The summed E-state index contributed by atoms with van der Waals surface area (Å²) in [4.78, 5) is 59.9. The van der Waals surface area contributed by atoms with Gasteiger partial charge in [0, 0.05) is 48.4 Å². The molecule has 4 aromatic heterocycles. The molecule has 2 amide bonds. The molecule has 0 saturated carbocycles. The molecule has 258 valence electrons. The Labute approximate surface area is 286 Å². The minimum absolute atomic E-state index is 0.0159. The van der Waals surface area contributed by atoms with Crippen molar-refractivity contribution < 1.29 is 27.9 Å². The molecular formula is C33H29ClF3N9O4. The van der Waals surface area contributed by atoms with E-state index in [0.717, 1.165) is 22.7 Å². The van der Waals surface area contributed by atoms with Gasteiger partial charge in [-0.1, -0.05) is 18.5 Å². The van der Waals surface area contributed by atoms with Gasteiger partial charge >= 0.3 is 6.18 Å². The van der Waals surface area contributed by atoms with Crippen molar-refractivity contribution in [2.24, 2.45) is 0 Å². The molecule has 2 N–H and O–H groups in total. The minimum atomic E-state index is -4.61. The van der Waals surface area contributed by atoms with Gasteiger partial charge in [0.25, 0.3) is 11.5 Å². The standard InChI is InChI=1S/C33H29ClF3N9O4/c1-17-13-32(7-10-44(11-8-32)30(50)26-23(47)4-3-9-38-26)25-27(17)45(16-24(48)41-22-6-5-20(12-21(22)34)33(35,36)37)31-42-28(43-46(31)29(25)49)19-14-39-18(2)40-15-19/h3-6,9,12,14-15,17,47H,7-8,10-11,13,16H2,1-2H3,(H,41,48). The van der Waals surface area contributed by atoms with Gasteiger partial charge in [0.05, 0.1) is 21.8 Å². The van der Waals surface area contributed by atoms with Crippen LogP contribution < -0.4 is 10.9 Å². The fourth-order valence-corrected chi connectivity index (χ4v) is 7.31. The zero-order chi connectivity index (χ0) is 35.5. The van der Waals surface area contributed by atoms with E-state index in [1.165, 1.54) is 30.7 Å². The summed E-state index contributed by atoms with van der Waals surface area (Å²) in [5.74, 6) is -0.727. The lowest BCUT2D eigenvalue weighted by Crippen LogP contribution is -2.46. The summed E-state index contributed by atoms with van der Waals surface area (Å²) in [5.41, 5.74) is -0.619. The van der Waals surface area contributed by atoms with Crippen LogP contribution in [0.5, 0.6) is 5.75 Å². The third-order valence-corrected chi connectivity index (χ3v) is 9.70. The van der Waals surface area contributed by atoms with Crippen LogP contribution in [0.15, 0.2) is 53.7 Å². The molecule has 2 aliphatic rings. The lowest BCUT2D eigenvalue weighted by Gasteiger charge is -2.39. The van der Waals surface area contributed by atoms with E-state index in [9.17, 15) is 32.7 Å². The number of anilines is 1. The number of pyridine rings is 1. The van der Waals surface area contributed by atoms with Crippen LogP contribution >= 0.6 is 11.6 Å². The van der Waals surface area contributed by atoms with Crippen molar-refractivity contribution in [1.29, 1.82) is 0 Å². The number of rotatable bonds is 5. The maximum Gasteiger partial charge on any atom is 0.416 e. The normalized spacial score (nSPS) is 16.9. The monoisotopic (exact) mass is 707 g/mol. The van der Waals surface area contributed by atoms with E-state index in [2.05, 4.69) is 30.4 Å². The first-order valence-corrected chi connectivity index (χ1v) is 16.1. The highest BCUT2D eigenvalue weighted by Crippen LogP contribution is 2.50. The quantitative estimate of drug-likeness (QED) is 0.263. The molecule has 1 unspecified atom stereocenters. The smallest absolute Gasteiger partial charge is 0.416 e. The number of aryl methyl sites for hydroxylation is 1. The van der Waals surface area contributed by atoms with Crippen LogP contribution in [0, 0.1) is 6.92 Å². The zero-order valence-corrected chi connectivity index (χ0v) is 27.5. The zero-order valence-electron chi connectivity index (χ0n) is 26.7. The molecule has 1 fully saturated rings. The summed E-state index contributed by atoms with van der Waals surface area (Å²) in [6, 6.07) is 5.56. The Balaban J connectivity index is 1.28. The Bertz CT molecular complexity index is 2230. The number of amides is 2. The van der Waals surface area contributed by atoms with Crippen LogP contribution in [0.3, 0.4) is 0 Å². The number of nitrogens with zero attached hydrogens (tertiary/aromatic N) is 8. The largest absolute Gasteiger partial charge is 0.505 e. The summed E-state index contributed by atoms with van der Waals surface area (Å²) in [7, 11) is 0. The molecule has 1 atom stereocenters. The molecule has 17 heteroatoms. The van der Waals surface area contributed by atoms with Gasteiger partial charge < -0.3 is 19.9 Å².